The molecule has 0 amide bonds. The van der Waals surface area contributed by atoms with Crippen LogP contribution in [-0.4, -0.2) is 20.3 Å². The van der Waals surface area contributed by atoms with Crippen LogP contribution in [-0.2, 0) is 13.5 Å². The number of imidazole rings is 1. The van der Waals surface area contributed by atoms with Gasteiger partial charge in [-0.15, -0.1) is 0 Å². The highest BCUT2D eigenvalue weighted by Crippen LogP contribution is 2.15. The van der Waals surface area contributed by atoms with Gasteiger partial charge in [-0.25, -0.2) is 4.98 Å². The highest BCUT2D eigenvalue weighted by atomic mass is 16.1. The van der Waals surface area contributed by atoms with Crippen LogP contribution in [0.1, 0.15) is 21.7 Å². The lowest BCUT2D eigenvalue weighted by Crippen LogP contribution is -2.06. The van der Waals surface area contributed by atoms with Gasteiger partial charge in [0, 0.05) is 19.2 Å². The molecule has 0 fully saturated rings. The van der Waals surface area contributed by atoms with Crippen LogP contribution >= 0.6 is 0 Å². The van der Waals surface area contributed by atoms with Crippen LogP contribution in [0.25, 0.3) is 11.0 Å². The summed E-state index contributed by atoms with van der Waals surface area (Å²) >= 11 is 0. The number of carbonyl (C=O) groups is 1. The van der Waals surface area contributed by atoms with Crippen molar-refractivity contribution < 1.29 is 4.79 Å². The van der Waals surface area contributed by atoms with Crippen molar-refractivity contribution in [1.82, 2.24) is 14.5 Å². The minimum atomic E-state index is 0.0372. The molecule has 4 nitrogen and oxygen atoms in total. The fourth-order valence-electron chi connectivity index (χ4n) is 2.26. The minimum Gasteiger partial charge on any atom is -0.334 e. The molecule has 2 heterocycles. The zero-order valence-electron chi connectivity index (χ0n) is 11.5. The molecule has 0 aliphatic carbocycles. The summed E-state index contributed by atoms with van der Waals surface area (Å²) in [6.07, 6.45) is 2.13. The van der Waals surface area contributed by atoms with Crippen LogP contribution in [0.3, 0.4) is 0 Å². The van der Waals surface area contributed by atoms with Crippen molar-refractivity contribution in [3.63, 3.8) is 0 Å². The second-order valence-electron chi connectivity index (χ2n) is 4.94. The fourth-order valence-corrected chi connectivity index (χ4v) is 2.26. The number of pyridine rings is 1. The maximum atomic E-state index is 12.2. The number of hydrogen-bond acceptors (Lipinski definition) is 3. The monoisotopic (exact) mass is 265 g/mol. The molecule has 0 saturated carbocycles. The normalized spacial score (nSPS) is 10.9. The van der Waals surface area contributed by atoms with Gasteiger partial charge in [0.1, 0.15) is 5.69 Å². The zero-order chi connectivity index (χ0) is 14.1. The lowest BCUT2D eigenvalue weighted by molar-refractivity contribution is 0.0988. The van der Waals surface area contributed by atoms with Gasteiger partial charge in [0.2, 0.25) is 0 Å². The number of ketones is 1. The third kappa shape index (κ3) is 2.32. The fraction of sp³-hybridized carbons (Fsp3) is 0.188. The van der Waals surface area contributed by atoms with Gasteiger partial charge < -0.3 is 4.57 Å². The molecule has 20 heavy (non-hydrogen) atoms. The number of carbonyl (C=O) groups excluding carboxylic acids is 1. The van der Waals surface area contributed by atoms with Gasteiger partial charge >= 0.3 is 0 Å². The molecule has 0 spiro atoms. The molecule has 0 saturated heterocycles. The van der Waals surface area contributed by atoms with Crippen molar-refractivity contribution >= 4 is 16.8 Å². The molecular formula is C16H15N3O. The Balaban J connectivity index is 1.89. The molecule has 1 aromatic carbocycles. The Labute approximate surface area is 117 Å². The Bertz CT molecular complexity index is 789. The smallest absolute Gasteiger partial charge is 0.185 e. The van der Waals surface area contributed by atoms with Crippen LogP contribution in [0, 0.1) is 6.92 Å². The van der Waals surface area contributed by atoms with Crippen molar-refractivity contribution in [1.29, 1.82) is 0 Å². The molecule has 0 aliphatic heterocycles. The molecule has 0 bridgehead atoms. The van der Waals surface area contributed by atoms with E-state index in [0.29, 0.717) is 12.1 Å². The number of benzene rings is 1. The summed E-state index contributed by atoms with van der Waals surface area (Å²) in [6.45, 7) is 1.89. The van der Waals surface area contributed by atoms with E-state index in [0.717, 1.165) is 22.3 Å². The molecular weight excluding hydrogens is 250 g/mol. The molecule has 0 radical (unpaired) electrons. The van der Waals surface area contributed by atoms with Crippen LogP contribution in [0.5, 0.6) is 0 Å². The van der Waals surface area contributed by atoms with Crippen LogP contribution in [0.2, 0.25) is 0 Å². The number of hydrogen-bond donors (Lipinski definition) is 0. The molecule has 3 rings (SSSR count). The Morgan fingerprint density at radius 3 is 2.90 bits per heavy atom. The summed E-state index contributed by atoms with van der Waals surface area (Å²) in [4.78, 5) is 20.8. The van der Waals surface area contributed by atoms with E-state index < -0.39 is 0 Å². The summed E-state index contributed by atoms with van der Waals surface area (Å²) < 4.78 is 1.95. The second-order valence-corrected chi connectivity index (χ2v) is 4.94. The highest BCUT2D eigenvalue weighted by Gasteiger charge is 2.10. The Hall–Kier alpha value is -2.49. The third-order valence-electron chi connectivity index (χ3n) is 3.33. The van der Waals surface area contributed by atoms with Crippen LogP contribution in [0.4, 0.5) is 0 Å². The van der Waals surface area contributed by atoms with Crippen LogP contribution < -0.4 is 0 Å². The Kier molecular flexibility index (Phi) is 3.06. The van der Waals surface area contributed by atoms with Crippen molar-refractivity contribution in [3.8, 4) is 0 Å². The topological polar surface area (TPSA) is 47.8 Å². The van der Waals surface area contributed by atoms with E-state index in [-0.39, 0.29) is 5.78 Å². The molecule has 3 aromatic rings. The average Bonchev–Trinajstić information content (AvgIpc) is 2.80. The number of Topliss-reactive ketones (excluding diaryl/α,β-unsaturated/α-hetero) is 1. The Morgan fingerprint density at radius 2 is 2.10 bits per heavy atom. The maximum Gasteiger partial charge on any atom is 0.185 e. The van der Waals surface area contributed by atoms with Crippen LogP contribution in [0.15, 0.2) is 42.7 Å². The van der Waals surface area contributed by atoms with Gasteiger partial charge in [-0.3, -0.25) is 9.78 Å². The van der Waals surface area contributed by atoms with Gasteiger partial charge in [-0.2, -0.15) is 0 Å². The summed E-state index contributed by atoms with van der Waals surface area (Å²) in [6, 6.07) is 11.4. The first-order valence-electron chi connectivity index (χ1n) is 6.50. The molecule has 0 aliphatic rings. The first kappa shape index (κ1) is 12.5. The van der Waals surface area contributed by atoms with E-state index in [2.05, 4.69) is 9.97 Å². The average molecular weight is 265 g/mol. The van der Waals surface area contributed by atoms with E-state index in [4.69, 9.17) is 0 Å². The molecule has 2 aromatic heterocycles. The lowest BCUT2D eigenvalue weighted by Gasteiger charge is -2.03. The molecule has 4 heteroatoms. The summed E-state index contributed by atoms with van der Waals surface area (Å²) in [5.74, 6) is 0.0372. The summed E-state index contributed by atoms with van der Waals surface area (Å²) in [5, 5.41) is 0. The molecule has 0 N–H and O–H groups in total. The molecule has 0 unspecified atom stereocenters. The van der Waals surface area contributed by atoms with Gasteiger partial charge in [0.05, 0.1) is 17.4 Å². The van der Waals surface area contributed by atoms with E-state index >= 15 is 0 Å². The molecule has 100 valence electrons. The van der Waals surface area contributed by atoms with Gasteiger partial charge in [0.15, 0.2) is 5.78 Å². The maximum absolute atomic E-state index is 12.2. The Morgan fingerprint density at radius 1 is 1.25 bits per heavy atom. The largest absolute Gasteiger partial charge is 0.334 e. The first-order valence-corrected chi connectivity index (χ1v) is 6.50. The number of aromatic nitrogens is 3. The molecule has 0 atom stereocenters. The predicted molar refractivity (Wildman–Crippen MR) is 77.7 cm³/mol. The van der Waals surface area contributed by atoms with E-state index in [1.807, 2.05) is 48.9 Å². The van der Waals surface area contributed by atoms with Gasteiger partial charge in [0.25, 0.3) is 0 Å². The summed E-state index contributed by atoms with van der Waals surface area (Å²) in [5.41, 5.74) is 4.34. The van der Waals surface area contributed by atoms with Gasteiger partial charge in [-0.1, -0.05) is 12.1 Å². The number of nitrogens with zero attached hydrogens (tertiary/aromatic N) is 3. The second kappa shape index (κ2) is 4.89. The zero-order valence-corrected chi connectivity index (χ0v) is 11.5. The lowest BCUT2D eigenvalue weighted by atomic mass is 10.1. The van der Waals surface area contributed by atoms with Crippen molar-refractivity contribution in [3.05, 3.63) is 59.7 Å². The number of fused-ring (bicyclic) bond motifs is 1. The number of aryl methyl sites for hydroxylation is 2. The summed E-state index contributed by atoms with van der Waals surface area (Å²) in [7, 11) is 1.95. The minimum absolute atomic E-state index is 0.0372. The van der Waals surface area contributed by atoms with E-state index in [9.17, 15) is 4.79 Å². The predicted octanol–water partition coefficient (Wildman–Crippen LogP) is 2.70. The SMILES string of the molecule is Cc1cccc(C(=O)Cc2ccc3ncn(C)c3c2)n1. The quantitative estimate of drug-likeness (QED) is 0.684. The van der Waals surface area contributed by atoms with E-state index in [1.54, 1.807) is 12.4 Å². The first-order chi connectivity index (χ1) is 9.63. The van der Waals surface area contributed by atoms with E-state index in [1.165, 1.54) is 0 Å². The number of rotatable bonds is 3. The highest BCUT2D eigenvalue weighted by molar-refractivity contribution is 5.96. The van der Waals surface area contributed by atoms with Gasteiger partial charge in [-0.05, 0) is 36.8 Å². The van der Waals surface area contributed by atoms with Crippen molar-refractivity contribution in [2.75, 3.05) is 0 Å². The third-order valence-corrected chi connectivity index (χ3v) is 3.33. The van der Waals surface area contributed by atoms with Crippen molar-refractivity contribution in [2.45, 2.75) is 13.3 Å². The standard InChI is InChI=1S/C16H15N3O/c1-11-4-3-5-14(18-11)16(20)9-12-6-7-13-15(8-12)19(2)10-17-13/h3-8,10H,9H2,1-2H3. The van der Waals surface area contributed by atoms with Crippen molar-refractivity contribution in [2.24, 2.45) is 7.05 Å².